The van der Waals surface area contributed by atoms with Crippen LogP contribution in [0.5, 0.6) is 0 Å². The van der Waals surface area contributed by atoms with Crippen LogP contribution in [0.25, 0.3) is 38.6 Å². The Hall–Kier alpha value is -4.33. The molecule has 0 aromatic heterocycles. The number of rotatable bonds is 3. The molecule has 0 saturated heterocycles. The van der Waals surface area contributed by atoms with E-state index in [4.69, 9.17) is 12.6 Å². The van der Waals surface area contributed by atoms with Gasteiger partial charge >= 0.3 is 0 Å². The average molecular weight is 515 g/mol. The van der Waals surface area contributed by atoms with Crippen molar-refractivity contribution in [3.63, 3.8) is 0 Å². The van der Waals surface area contributed by atoms with Crippen LogP contribution in [-0.4, -0.2) is 0 Å². The molecule has 0 heterocycles. The summed E-state index contributed by atoms with van der Waals surface area (Å²) in [6.45, 7) is 0. The molecule has 3 aliphatic rings. The number of allylic oxidation sites excluding steroid dienone is 8. The van der Waals surface area contributed by atoms with E-state index < -0.39 is 0 Å². The van der Waals surface area contributed by atoms with Crippen molar-refractivity contribution < 1.29 is 0 Å². The molecule has 39 heavy (non-hydrogen) atoms. The lowest BCUT2D eigenvalue weighted by molar-refractivity contribution is 0.692. The highest BCUT2D eigenvalue weighted by atomic mass is 32.1. The largest absolute Gasteiger partial charge is 0.143 e. The summed E-state index contributed by atoms with van der Waals surface area (Å²) in [6, 6.07) is 41.9. The van der Waals surface area contributed by atoms with Gasteiger partial charge in [-0.25, -0.2) is 0 Å². The first kappa shape index (κ1) is 22.6. The Morgan fingerprint density at radius 3 is 1.90 bits per heavy atom. The lowest BCUT2D eigenvalue weighted by atomic mass is 9.66. The Balaban J connectivity index is 1.50. The second-order valence-corrected chi connectivity index (χ2v) is 11.0. The maximum absolute atomic E-state index is 5.04. The first-order valence-corrected chi connectivity index (χ1v) is 14.0. The first-order valence-electron chi connectivity index (χ1n) is 13.6. The van der Waals surface area contributed by atoms with Gasteiger partial charge in [0.15, 0.2) is 0 Å². The molecule has 5 aromatic carbocycles. The lowest BCUT2D eigenvalue weighted by Crippen LogP contribution is -2.21. The summed E-state index contributed by atoms with van der Waals surface area (Å²) in [6.07, 6.45) is 9.17. The maximum atomic E-state index is 5.04. The van der Waals surface area contributed by atoms with Crippen molar-refractivity contribution in [1.82, 2.24) is 0 Å². The van der Waals surface area contributed by atoms with Crippen LogP contribution in [-0.2, 0) is 0 Å². The van der Waals surface area contributed by atoms with Crippen molar-refractivity contribution in [2.24, 2.45) is 5.92 Å². The maximum Gasteiger partial charge on any atom is 0.0206 e. The molecule has 0 N–H and O–H groups in total. The monoisotopic (exact) mass is 514 g/mol. The molecule has 0 fully saturated rings. The number of thiol groups is 1. The molecule has 2 atom stereocenters. The summed E-state index contributed by atoms with van der Waals surface area (Å²) in [7, 11) is 0. The standard InChI is InChI=1S/C38H26S/c39-32-23-22-31-35-30(21-20-27(36(32)35)24-12-4-1-5-13-24)37-33(25-14-6-2-7-15-25)28-18-10-11-19-29(28)34(38(31)37)26-16-8-3-9-17-26/h1-23,29,34,39H. The van der Waals surface area contributed by atoms with Crippen LogP contribution in [0.1, 0.15) is 28.2 Å². The van der Waals surface area contributed by atoms with Gasteiger partial charge < -0.3 is 0 Å². The minimum absolute atomic E-state index is 0.228. The molecule has 2 unspecified atom stereocenters. The van der Waals surface area contributed by atoms with Gasteiger partial charge in [-0.2, -0.15) is 0 Å². The lowest BCUT2D eigenvalue weighted by Gasteiger charge is -2.37. The molecule has 0 amide bonds. The van der Waals surface area contributed by atoms with Crippen LogP contribution < -0.4 is 0 Å². The zero-order chi connectivity index (χ0) is 25.9. The van der Waals surface area contributed by atoms with E-state index in [1.54, 1.807) is 0 Å². The van der Waals surface area contributed by atoms with E-state index in [1.165, 1.54) is 66.4 Å². The summed E-state index contributed by atoms with van der Waals surface area (Å²) in [4.78, 5) is 1.02. The van der Waals surface area contributed by atoms with Crippen LogP contribution in [0.4, 0.5) is 0 Å². The van der Waals surface area contributed by atoms with Crippen molar-refractivity contribution in [2.75, 3.05) is 0 Å². The summed E-state index contributed by atoms with van der Waals surface area (Å²) >= 11 is 5.04. The fraction of sp³-hybridized carbons (Fsp3) is 0.0526. The Bertz CT molecular complexity index is 1890. The third-order valence-electron chi connectivity index (χ3n) is 8.55. The summed E-state index contributed by atoms with van der Waals surface area (Å²) in [5.41, 5.74) is 13.3. The first-order chi connectivity index (χ1) is 19.3. The van der Waals surface area contributed by atoms with Crippen molar-refractivity contribution in [3.8, 4) is 11.1 Å². The van der Waals surface area contributed by atoms with Gasteiger partial charge in [-0.1, -0.05) is 133 Å². The van der Waals surface area contributed by atoms with E-state index in [1.807, 2.05) is 0 Å². The fourth-order valence-corrected chi connectivity index (χ4v) is 7.32. The van der Waals surface area contributed by atoms with Crippen LogP contribution in [0, 0.1) is 5.92 Å². The Kier molecular flexibility index (Phi) is 5.15. The predicted molar refractivity (Wildman–Crippen MR) is 168 cm³/mol. The van der Waals surface area contributed by atoms with Gasteiger partial charge in [-0.15, -0.1) is 12.6 Å². The molecular weight excluding hydrogens is 488 g/mol. The minimum Gasteiger partial charge on any atom is -0.143 e. The Labute approximate surface area is 234 Å². The second kappa shape index (κ2) is 8.86. The molecule has 0 nitrogen and oxygen atoms in total. The molecule has 0 radical (unpaired) electrons. The van der Waals surface area contributed by atoms with E-state index in [9.17, 15) is 0 Å². The van der Waals surface area contributed by atoms with Gasteiger partial charge in [-0.05, 0) is 67.1 Å². The third kappa shape index (κ3) is 3.33. The molecule has 8 rings (SSSR count). The van der Waals surface area contributed by atoms with Gasteiger partial charge in [0.1, 0.15) is 0 Å². The summed E-state index contributed by atoms with van der Waals surface area (Å²) in [5.74, 6) is 0.492. The predicted octanol–water partition coefficient (Wildman–Crippen LogP) is 10.0. The molecule has 5 aromatic rings. The highest BCUT2D eigenvalue weighted by Crippen LogP contribution is 2.61. The van der Waals surface area contributed by atoms with E-state index in [0.717, 1.165) is 4.90 Å². The van der Waals surface area contributed by atoms with E-state index in [2.05, 4.69) is 140 Å². The smallest absolute Gasteiger partial charge is 0.0206 e. The normalized spacial score (nSPS) is 19.0. The van der Waals surface area contributed by atoms with Crippen LogP contribution in [0.3, 0.4) is 0 Å². The van der Waals surface area contributed by atoms with Gasteiger partial charge in [0.05, 0.1) is 0 Å². The van der Waals surface area contributed by atoms with E-state index in [-0.39, 0.29) is 11.8 Å². The quantitative estimate of drug-likeness (QED) is 0.228. The van der Waals surface area contributed by atoms with Crippen LogP contribution in [0.15, 0.2) is 150 Å². The summed E-state index contributed by atoms with van der Waals surface area (Å²) < 4.78 is 0. The highest BCUT2D eigenvalue weighted by Gasteiger charge is 2.42. The number of hydrogen-bond acceptors (Lipinski definition) is 1. The molecule has 0 saturated carbocycles. The van der Waals surface area contributed by atoms with Crippen LogP contribution in [0.2, 0.25) is 0 Å². The summed E-state index contributed by atoms with van der Waals surface area (Å²) in [5, 5.41) is 2.57. The average Bonchev–Trinajstić information content (AvgIpc) is 3.33. The number of benzene rings is 5. The molecular formula is C38H26S. The van der Waals surface area contributed by atoms with Gasteiger partial charge in [-0.3, -0.25) is 0 Å². The molecule has 0 spiro atoms. The number of hydrogen-bond donors (Lipinski definition) is 1. The zero-order valence-corrected chi connectivity index (χ0v) is 22.3. The van der Waals surface area contributed by atoms with Crippen molar-refractivity contribution >= 4 is 40.1 Å². The Morgan fingerprint density at radius 1 is 0.513 bits per heavy atom. The van der Waals surface area contributed by atoms with E-state index >= 15 is 0 Å². The van der Waals surface area contributed by atoms with Crippen molar-refractivity contribution in [3.05, 3.63) is 167 Å². The SMILES string of the molecule is Sc1ccc2c3c(ccc(-c4ccccc4)c13)C1=C2C(c2ccccc2)C2C=CC=CC2=C1c1ccccc1. The third-order valence-corrected chi connectivity index (χ3v) is 8.92. The molecule has 3 aliphatic carbocycles. The van der Waals surface area contributed by atoms with Crippen LogP contribution >= 0.6 is 12.6 Å². The zero-order valence-electron chi connectivity index (χ0n) is 21.4. The Morgan fingerprint density at radius 2 is 1.15 bits per heavy atom. The number of fused-ring (bicyclic) bond motifs is 3. The van der Waals surface area contributed by atoms with Gasteiger partial charge in [0, 0.05) is 22.1 Å². The molecule has 1 heteroatoms. The van der Waals surface area contributed by atoms with Crippen molar-refractivity contribution in [2.45, 2.75) is 10.8 Å². The minimum atomic E-state index is 0.228. The highest BCUT2D eigenvalue weighted by molar-refractivity contribution is 7.80. The fourth-order valence-electron chi connectivity index (χ4n) is 7.01. The van der Waals surface area contributed by atoms with Gasteiger partial charge in [0.2, 0.25) is 0 Å². The molecule has 0 aliphatic heterocycles. The van der Waals surface area contributed by atoms with Gasteiger partial charge in [0.25, 0.3) is 0 Å². The molecule has 0 bridgehead atoms. The molecule has 184 valence electrons. The second-order valence-electron chi connectivity index (χ2n) is 10.6. The van der Waals surface area contributed by atoms with Crippen molar-refractivity contribution in [1.29, 1.82) is 0 Å². The topological polar surface area (TPSA) is 0 Å². The van der Waals surface area contributed by atoms with E-state index in [0.29, 0.717) is 0 Å².